The van der Waals surface area contributed by atoms with Gasteiger partial charge in [-0.05, 0) is 18.2 Å². The van der Waals surface area contributed by atoms with Crippen LogP contribution in [0.2, 0.25) is 0 Å². The molecule has 0 fully saturated rings. The molecule has 0 aliphatic heterocycles. The van der Waals surface area contributed by atoms with E-state index >= 15 is 0 Å². The number of rotatable bonds is 3. The molecule has 0 unspecified atom stereocenters. The van der Waals surface area contributed by atoms with Crippen LogP contribution in [-0.2, 0) is 6.18 Å². The van der Waals surface area contributed by atoms with E-state index in [1.807, 2.05) is 6.07 Å². The Morgan fingerprint density at radius 2 is 1.88 bits per heavy atom. The van der Waals surface area contributed by atoms with Gasteiger partial charge in [-0.25, -0.2) is 4.98 Å². The summed E-state index contributed by atoms with van der Waals surface area (Å²) in [6.07, 6.45) is -1.81. The van der Waals surface area contributed by atoms with E-state index < -0.39 is 11.9 Å². The molecule has 0 radical (unpaired) electrons. The first-order valence-corrected chi connectivity index (χ1v) is 7.03. The molecule has 0 aliphatic carbocycles. The lowest BCUT2D eigenvalue weighted by atomic mass is 10.3. The maximum atomic E-state index is 12.8. The molecular weight excluding hydrogens is 349 g/mol. The Hall–Kier alpha value is -3.81. The van der Waals surface area contributed by atoms with Crippen molar-refractivity contribution in [1.82, 2.24) is 24.9 Å². The summed E-state index contributed by atoms with van der Waals surface area (Å²) in [4.78, 5) is 19.1. The molecule has 3 heterocycles. The lowest BCUT2D eigenvalue weighted by Crippen LogP contribution is -2.10. The quantitative estimate of drug-likeness (QED) is 0.731. The van der Waals surface area contributed by atoms with Gasteiger partial charge in [0.1, 0.15) is 17.5 Å². The maximum absolute atomic E-state index is 12.8. The van der Waals surface area contributed by atoms with Crippen molar-refractivity contribution in [1.29, 1.82) is 5.26 Å². The number of aromatic nitrogens is 5. The standard InChI is InChI=1S/C15H9F3N8/c16-15(17,18)11-3-1-2-10(23-11)12-24-13(20)26-14(25-12)22-9-4-8(5-19)6-21-7-9/h1-4,6-7H,(H3,20,22,24,25,26). The summed E-state index contributed by atoms with van der Waals surface area (Å²) in [6, 6.07) is 6.78. The van der Waals surface area contributed by atoms with Crippen LogP contribution in [0.3, 0.4) is 0 Å². The van der Waals surface area contributed by atoms with Gasteiger partial charge in [0, 0.05) is 6.20 Å². The van der Waals surface area contributed by atoms with Gasteiger partial charge in [0.05, 0.1) is 17.4 Å². The number of nitrogens with one attached hydrogen (secondary N) is 1. The fourth-order valence-electron chi connectivity index (χ4n) is 1.98. The molecule has 0 bridgehead atoms. The molecule has 0 aliphatic rings. The van der Waals surface area contributed by atoms with Gasteiger partial charge in [0.25, 0.3) is 0 Å². The Bertz CT molecular complexity index is 997. The number of alkyl halides is 3. The van der Waals surface area contributed by atoms with E-state index in [0.29, 0.717) is 11.3 Å². The molecule has 11 heteroatoms. The van der Waals surface area contributed by atoms with Gasteiger partial charge < -0.3 is 11.1 Å². The summed E-state index contributed by atoms with van der Waals surface area (Å²) < 4.78 is 38.4. The van der Waals surface area contributed by atoms with E-state index in [0.717, 1.165) is 6.07 Å². The van der Waals surface area contributed by atoms with Crippen molar-refractivity contribution in [2.24, 2.45) is 0 Å². The molecule has 130 valence electrons. The van der Waals surface area contributed by atoms with Gasteiger partial charge in [-0.3, -0.25) is 4.98 Å². The second kappa shape index (κ2) is 6.60. The van der Waals surface area contributed by atoms with Crippen molar-refractivity contribution in [3.63, 3.8) is 0 Å². The normalized spacial score (nSPS) is 11.0. The number of nitrogen functional groups attached to an aromatic ring is 1. The molecule has 3 aromatic rings. The average Bonchev–Trinajstić information content (AvgIpc) is 2.61. The third-order valence-electron chi connectivity index (χ3n) is 3.04. The second-order valence-electron chi connectivity index (χ2n) is 4.95. The number of halogens is 3. The lowest BCUT2D eigenvalue weighted by molar-refractivity contribution is -0.141. The molecule has 3 N–H and O–H groups in total. The fraction of sp³-hybridized carbons (Fsp3) is 0.0667. The fourth-order valence-corrected chi connectivity index (χ4v) is 1.98. The zero-order valence-electron chi connectivity index (χ0n) is 12.9. The van der Waals surface area contributed by atoms with Gasteiger partial charge in [-0.2, -0.15) is 33.4 Å². The first-order chi connectivity index (χ1) is 12.3. The first kappa shape index (κ1) is 17.0. The zero-order valence-corrected chi connectivity index (χ0v) is 12.9. The van der Waals surface area contributed by atoms with Gasteiger partial charge in [-0.15, -0.1) is 0 Å². The minimum Gasteiger partial charge on any atom is -0.368 e. The maximum Gasteiger partial charge on any atom is 0.433 e. The Morgan fingerprint density at radius 1 is 1.08 bits per heavy atom. The summed E-state index contributed by atoms with van der Waals surface area (Å²) in [7, 11) is 0. The summed E-state index contributed by atoms with van der Waals surface area (Å²) in [5, 5.41) is 11.6. The van der Waals surface area contributed by atoms with E-state index in [4.69, 9.17) is 11.0 Å². The van der Waals surface area contributed by atoms with Crippen LogP contribution in [0.1, 0.15) is 11.3 Å². The summed E-state index contributed by atoms with van der Waals surface area (Å²) in [5.41, 5.74) is 5.13. The highest BCUT2D eigenvalue weighted by Gasteiger charge is 2.32. The second-order valence-corrected chi connectivity index (χ2v) is 4.95. The van der Waals surface area contributed by atoms with Crippen LogP contribution in [-0.4, -0.2) is 24.9 Å². The molecular formula is C15H9F3N8. The predicted molar refractivity (Wildman–Crippen MR) is 84.7 cm³/mol. The van der Waals surface area contributed by atoms with Crippen molar-refractivity contribution in [3.05, 3.63) is 47.9 Å². The minimum atomic E-state index is -4.60. The van der Waals surface area contributed by atoms with E-state index in [9.17, 15) is 13.2 Å². The van der Waals surface area contributed by atoms with E-state index in [1.165, 1.54) is 30.6 Å². The number of hydrogen-bond donors (Lipinski definition) is 2. The first-order valence-electron chi connectivity index (χ1n) is 7.03. The largest absolute Gasteiger partial charge is 0.433 e. The van der Waals surface area contributed by atoms with Crippen molar-refractivity contribution < 1.29 is 13.2 Å². The van der Waals surface area contributed by atoms with Crippen LogP contribution in [0, 0.1) is 11.3 Å². The Morgan fingerprint density at radius 3 is 2.62 bits per heavy atom. The van der Waals surface area contributed by atoms with Gasteiger partial charge in [0.15, 0.2) is 5.82 Å². The third kappa shape index (κ3) is 3.81. The highest BCUT2D eigenvalue weighted by molar-refractivity contribution is 5.58. The molecule has 0 aromatic carbocycles. The van der Waals surface area contributed by atoms with Gasteiger partial charge in [0.2, 0.25) is 11.9 Å². The van der Waals surface area contributed by atoms with Crippen LogP contribution >= 0.6 is 0 Å². The highest BCUT2D eigenvalue weighted by Crippen LogP contribution is 2.29. The number of nitriles is 1. The zero-order chi connectivity index (χ0) is 18.7. The van der Waals surface area contributed by atoms with Crippen LogP contribution in [0.4, 0.5) is 30.8 Å². The molecule has 0 saturated carbocycles. The highest BCUT2D eigenvalue weighted by atomic mass is 19.4. The summed E-state index contributed by atoms with van der Waals surface area (Å²) in [6.45, 7) is 0. The van der Waals surface area contributed by atoms with E-state index in [-0.39, 0.29) is 23.4 Å². The van der Waals surface area contributed by atoms with Crippen LogP contribution in [0.15, 0.2) is 36.7 Å². The van der Waals surface area contributed by atoms with Crippen LogP contribution in [0.25, 0.3) is 11.5 Å². The van der Waals surface area contributed by atoms with E-state index in [1.54, 1.807) is 0 Å². The van der Waals surface area contributed by atoms with Crippen LogP contribution in [0.5, 0.6) is 0 Å². The van der Waals surface area contributed by atoms with Crippen molar-refractivity contribution in [2.75, 3.05) is 11.1 Å². The molecule has 0 saturated heterocycles. The molecule has 26 heavy (non-hydrogen) atoms. The lowest BCUT2D eigenvalue weighted by Gasteiger charge is -2.09. The number of nitrogens with two attached hydrogens (primary N) is 1. The molecule has 3 rings (SSSR count). The number of nitrogens with zero attached hydrogens (tertiary/aromatic N) is 6. The molecule has 3 aromatic heterocycles. The molecule has 0 spiro atoms. The predicted octanol–water partition coefficient (Wildman–Crippen LogP) is 2.54. The van der Waals surface area contributed by atoms with Crippen molar-refractivity contribution >= 4 is 17.6 Å². The van der Waals surface area contributed by atoms with Gasteiger partial charge >= 0.3 is 6.18 Å². The topological polar surface area (TPSA) is 126 Å². The van der Waals surface area contributed by atoms with Crippen molar-refractivity contribution in [3.8, 4) is 17.6 Å². The Balaban J connectivity index is 1.97. The third-order valence-corrected chi connectivity index (χ3v) is 3.04. The summed E-state index contributed by atoms with van der Waals surface area (Å²) >= 11 is 0. The number of anilines is 3. The number of pyridine rings is 2. The smallest absolute Gasteiger partial charge is 0.368 e. The Labute approximate surface area is 144 Å². The molecule has 8 nitrogen and oxygen atoms in total. The monoisotopic (exact) mass is 358 g/mol. The van der Waals surface area contributed by atoms with Crippen LogP contribution < -0.4 is 11.1 Å². The van der Waals surface area contributed by atoms with Gasteiger partial charge in [-0.1, -0.05) is 6.07 Å². The Kier molecular flexibility index (Phi) is 4.32. The molecule has 0 atom stereocenters. The molecule has 0 amide bonds. The SMILES string of the molecule is N#Cc1cncc(Nc2nc(N)nc(-c3cccc(C(F)(F)F)n3)n2)c1. The van der Waals surface area contributed by atoms with Crippen molar-refractivity contribution in [2.45, 2.75) is 6.18 Å². The van der Waals surface area contributed by atoms with E-state index in [2.05, 4.69) is 30.2 Å². The minimum absolute atomic E-state index is 0.0244. The average molecular weight is 358 g/mol. The number of hydrogen-bond acceptors (Lipinski definition) is 8. The summed E-state index contributed by atoms with van der Waals surface area (Å²) in [5.74, 6) is -0.361.